The van der Waals surface area contributed by atoms with Gasteiger partial charge in [-0.25, -0.2) is 9.18 Å². The van der Waals surface area contributed by atoms with Gasteiger partial charge in [-0.05, 0) is 42.2 Å². The molecule has 0 spiro atoms. The molecule has 1 aromatic heterocycles. The Hall–Kier alpha value is -2.43. The minimum atomic E-state index is -0.262. The van der Waals surface area contributed by atoms with Gasteiger partial charge in [0.1, 0.15) is 5.82 Å². The zero-order valence-electron chi connectivity index (χ0n) is 13.3. The Morgan fingerprint density at radius 3 is 2.65 bits per heavy atom. The molecule has 0 aliphatic heterocycles. The third-order valence-electron chi connectivity index (χ3n) is 3.59. The first kappa shape index (κ1) is 16.9. The quantitative estimate of drug-likeness (QED) is 0.824. The molecule has 122 valence electrons. The summed E-state index contributed by atoms with van der Waals surface area (Å²) < 4.78 is 13.1. The fraction of sp³-hybridized carbons (Fsp3) is 0.333. The summed E-state index contributed by atoms with van der Waals surface area (Å²) in [4.78, 5) is 15.9. The lowest BCUT2D eigenvalue weighted by molar-refractivity contribution is 0.240. The van der Waals surface area contributed by atoms with Gasteiger partial charge in [0, 0.05) is 31.4 Å². The van der Waals surface area contributed by atoms with Gasteiger partial charge in [0.25, 0.3) is 0 Å². The van der Waals surface area contributed by atoms with Crippen molar-refractivity contribution in [2.45, 2.75) is 25.7 Å². The maximum Gasteiger partial charge on any atom is 0.314 e. The minimum absolute atomic E-state index is 0.0622. The number of pyridine rings is 1. The third-order valence-corrected chi connectivity index (χ3v) is 3.59. The fourth-order valence-corrected chi connectivity index (χ4v) is 2.36. The van der Waals surface area contributed by atoms with Crippen molar-refractivity contribution in [3.8, 4) is 0 Å². The van der Waals surface area contributed by atoms with Gasteiger partial charge in [-0.1, -0.05) is 25.1 Å². The highest BCUT2D eigenvalue weighted by Gasteiger charge is 2.14. The lowest BCUT2D eigenvalue weighted by atomic mass is 9.92. The van der Waals surface area contributed by atoms with Crippen LogP contribution in [0, 0.1) is 5.82 Å². The lowest BCUT2D eigenvalue weighted by Gasteiger charge is -2.18. The molecule has 0 radical (unpaired) electrons. The van der Waals surface area contributed by atoms with Crippen LogP contribution in [0.2, 0.25) is 0 Å². The highest BCUT2D eigenvalue weighted by Crippen LogP contribution is 2.20. The summed E-state index contributed by atoms with van der Waals surface area (Å²) in [6.45, 7) is 3.13. The molecule has 2 N–H and O–H groups in total. The number of carbonyl (C=O) groups excluding carboxylic acids is 1. The van der Waals surface area contributed by atoms with E-state index in [9.17, 15) is 9.18 Å². The van der Waals surface area contributed by atoms with Gasteiger partial charge >= 0.3 is 6.03 Å². The van der Waals surface area contributed by atoms with Crippen LogP contribution in [0.5, 0.6) is 0 Å². The van der Waals surface area contributed by atoms with Gasteiger partial charge in [-0.2, -0.15) is 0 Å². The van der Waals surface area contributed by atoms with Crippen LogP contribution in [0.4, 0.5) is 9.18 Å². The number of hydrogen-bond acceptors (Lipinski definition) is 2. The third kappa shape index (κ3) is 5.70. The summed E-state index contributed by atoms with van der Waals surface area (Å²) in [7, 11) is 0. The smallest absolute Gasteiger partial charge is 0.314 e. The van der Waals surface area contributed by atoms with E-state index in [1.54, 1.807) is 18.3 Å². The SMILES string of the molecule is CCCNC(=O)NCC(Cc1cccnc1)c1ccc(F)cc1. The number of hydrogen-bond donors (Lipinski definition) is 2. The summed E-state index contributed by atoms with van der Waals surface area (Å²) in [6, 6.07) is 10.1. The number of halogens is 1. The number of amides is 2. The first-order chi connectivity index (χ1) is 11.2. The predicted molar refractivity (Wildman–Crippen MR) is 88.8 cm³/mol. The number of aromatic nitrogens is 1. The summed E-state index contributed by atoms with van der Waals surface area (Å²) in [6.07, 6.45) is 5.17. The molecule has 0 aliphatic rings. The largest absolute Gasteiger partial charge is 0.338 e. The molecule has 1 heterocycles. The first-order valence-electron chi connectivity index (χ1n) is 7.85. The van der Waals surface area contributed by atoms with Crippen molar-refractivity contribution >= 4 is 6.03 Å². The topological polar surface area (TPSA) is 54.0 Å². The summed E-state index contributed by atoms with van der Waals surface area (Å²) in [5.41, 5.74) is 2.07. The zero-order chi connectivity index (χ0) is 16.5. The Balaban J connectivity index is 2.05. The number of nitrogens with zero attached hydrogens (tertiary/aromatic N) is 1. The highest BCUT2D eigenvalue weighted by molar-refractivity contribution is 5.73. The van der Waals surface area contributed by atoms with Crippen molar-refractivity contribution in [3.05, 3.63) is 65.7 Å². The average molecular weight is 315 g/mol. The number of urea groups is 1. The molecular formula is C18H22FN3O. The number of carbonyl (C=O) groups is 1. The maximum atomic E-state index is 13.1. The molecule has 0 saturated heterocycles. The molecule has 0 aliphatic carbocycles. The molecule has 2 aromatic rings. The van der Waals surface area contributed by atoms with E-state index in [-0.39, 0.29) is 17.8 Å². The Morgan fingerprint density at radius 1 is 1.22 bits per heavy atom. The normalized spacial score (nSPS) is 11.7. The maximum absolute atomic E-state index is 13.1. The molecule has 2 amide bonds. The first-order valence-corrected chi connectivity index (χ1v) is 7.85. The minimum Gasteiger partial charge on any atom is -0.338 e. The van der Waals surface area contributed by atoms with Crippen molar-refractivity contribution < 1.29 is 9.18 Å². The van der Waals surface area contributed by atoms with E-state index in [4.69, 9.17) is 0 Å². The van der Waals surface area contributed by atoms with Crippen LogP contribution in [0.15, 0.2) is 48.8 Å². The van der Waals surface area contributed by atoms with Crippen LogP contribution >= 0.6 is 0 Å². The van der Waals surface area contributed by atoms with E-state index in [1.165, 1.54) is 12.1 Å². The van der Waals surface area contributed by atoms with Crippen LogP contribution in [-0.2, 0) is 6.42 Å². The van der Waals surface area contributed by atoms with Crippen molar-refractivity contribution in [3.63, 3.8) is 0 Å². The van der Waals surface area contributed by atoms with Crippen LogP contribution in [0.1, 0.15) is 30.4 Å². The van der Waals surface area contributed by atoms with Crippen molar-refractivity contribution in [1.29, 1.82) is 0 Å². The van der Waals surface area contributed by atoms with Gasteiger partial charge < -0.3 is 10.6 Å². The second-order valence-electron chi connectivity index (χ2n) is 5.45. The molecule has 2 rings (SSSR count). The van der Waals surface area contributed by atoms with E-state index in [1.807, 2.05) is 25.3 Å². The molecule has 1 aromatic carbocycles. The van der Waals surface area contributed by atoms with Crippen LogP contribution in [0.3, 0.4) is 0 Å². The zero-order valence-corrected chi connectivity index (χ0v) is 13.3. The Morgan fingerprint density at radius 2 is 2.00 bits per heavy atom. The molecule has 1 atom stereocenters. The predicted octanol–water partition coefficient (Wildman–Crippen LogP) is 3.26. The number of nitrogens with one attached hydrogen (secondary N) is 2. The molecule has 0 saturated carbocycles. The monoisotopic (exact) mass is 315 g/mol. The standard InChI is InChI=1S/C18H22FN3O/c1-2-9-21-18(23)22-13-16(11-14-4-3-10-20-12-14)15-5-7-17(19)8-6-15/h3-8,10,12,16H,2,9,11,13H2,1H3,(H2,21,22,23). The van der Waals surface area contributed by atoms with Crippen LogP contribution in [-0.4, -0.2) is 24.1 Å². The second kappa shape index (κ2) is 8.88. The Labute approximate surface area is 136 Å². The van der Waals surface area contributed by atoms with Gasteiger partial charge in [0.05, 0.1) is 0 Å². The van der Waals surface area contributed by atoms with E-state index in [2.05, 4.69) is 15.6 Å². The second-order valence-corrected chi connectivity index (χ2v) is 5.45. The van der Waals surface area contributed by atoms with Crippen molar-refractivity contribution in [2.75, 3.05) is 13.1 Å². The molecule has 0 fully saturated rings. The molecule has 23 heavy (non-hydrogen) atoms. The number of benzene rings is 1. The van der Waals surface area contributed by atoms with Crippen LogP contribution in [0.25, 0.3) is 0 Å². The van der Waals surface area contributed by atoms with E-state index in [0.29, 0.717) is 13.1 Å². The van der Waals surface area contributed by atoms with E-state index >= 15 is 0 Å². The fourth-order valence-electron chi connectivity index (χ4n) is 2.36. The van der Waals surface area contributed by atoms with Gasteiger partial charge in [0.2, 0.25) is 0 Å². The van der Waals surface area contributed by atoms with Gasteiger partial charge in [0.15, 0.2) is 0 Å². The van der Waals surface area contributed by atoms with Crippen molar-refractivity contribution in [1.82, 2.24) is 15.6 Å². The Bertz CT molecular complexity index is 601. The Kier molecular flexibility index (Phi) is 6.54. The molecular weight excluding hydrogens is 293 g/mol. The summed E-state index contributed by atoms with van der Waals surface area (Å²) in [5, 5.41) is 5.68. The van der Waals surface area contributed by atoms with Crippen LogP contribution < -0.4 is 10.6 Å². The number of rotatable bonds is 7. The molecule has 4 nitrogen and oxygen atoms in total. The lowest BCUT2D eigenvalue weighted by Crippen LogP contribution is -2.38. The van der Waals surface area contributed by atoms with Gasteiger partial charge in [-0.15, -0.1) is 0 Å². The molecule has 0 bridgehead atoms. The molecule has 5 heteroatoms. The molecule has 1 unspecified atom stereocenters. The summed E-state index contributed by atoms with van der Waals surface area (Å²) in [5.74, 6) is -0.199. The average Bonchev–Trinajstić information content (AvgIpc) is 2.58. The van der Waals surface area contributed by atoms with E-state index < -0.39 is 0 Å². The van der Waals surface area contributed by atoms with Crippen molar-refractivity contribution in [2.24, 2.45) is 0 Å². The highest BCUT2D eigenvalue weighted by atomic mass is 19.1. The van der Waals surface area contributed by atoms with Gasteiger partial charge in [-0.3, -0.25) is 4.98 Å². The van der Waals surface area contributed by atoms with E-state index in [0.717, 1.165) is 24.0 Å². The summed E-state index contributed by atoms with van der Waals surface area (Å²) >= 11 is 0.